The summed E-state index contributed by atoms with van der Waals surface area (Å²) in [6.45, 7) is 3.70. The van der Waals surface area contributed by atoms with Gasteiger partial charge in [0.2, 0.25) is 5.91 Å². The first kappa shape index (κ1) is 18.1. The smallest absolute Gasteiger partial charge is 0.319 e. The van der Waals surface area contributed by atoms with E-state index in [-0.39, 0.29) is 22.6 Å². The minimum Gasteiger partial charge on any atom is -0.330 e. The molecule has 1 saturated heterocycles. The fourth-order valence-electron chi connectivity index (χ4n) is 2.90. The molecule has 9 heteroatoms. The largest absolute Gasteiger partial charge is 0.330 e. The molecule has 1 aliphatic heterocycles. The molecule has 0 saturated carbocycles. The van der Waals surface area contributed by atoms with Crippen molar-refractivity contribution in [2.24, 2.45) is 5.92 Å². The number of urea groups is 1. The van der Waals surface area contributed by atoms with Crippen molar-refractivity contribution in [2.45, 2.75) is 6.04 Å². The molecular weight excluding hydrogens is 355 g/mol. The van der Waals surface area contributed by atoms with Gasteiger partial charge in [0.25, 0.3) is 5.69 Å². The second-order valence-corrected chi connectivity index (χ2v) is 5.90. The van der Waals surface area contributed by atoms with Crippen molar-refractivity contribution in [3.63, 3.8) is 0 Å². The number of carbonyl (C=O) groups is 2. The Kier molecular flexibility index (Phi) is 4.84. The van der Waals surface area contributed by atoms with E-state index in [1.54, 1.807) is 6.07 Å². The summed E-state index contributed by atoms with van der Waals surface area (Å²) in [4.78, 5) is 34.9. The molecule has 27 heavy (non-hydrogen) atoms. The molecule has 138 valence electrons. The molecule has 1 aliphatic rings. The van der Waals surface area contributed by atoms with Gasteiger partial charge in [-0.1, -0.05) is 30.8 Å². The van der Waals surface area contributed by atoms with Gasteiger partial charge in [0.05, 0.1) is 11.0 Å². The summed E-state index contributed by atoms with van der Waals surface area (Å²) in [5.41, 5.74) is 0.237. The molecule has 3 rings (SSSR count). The predicted molar refractivity (Wildman–Crippen MR) is 95.2 cm³/mol. The van der Waals surface area contributed by atoms with E-state index < -0.39 is 34.6 Å². The molecule has 8 nitrogen and oxygen atoms in total. The third-order valence-electron chi connectivity index (χ3n) is 4.12. The number of benzene rings is 2. The summed E-state index contributed by atoms with van der Waals surface area (Å²) in [7, 11) is 0. The lowest BCUT2D eigenvalue weighted by molar-refractivity contribution is -0.384. The molecule has 3 N–H and O–H groups in total. The number of anilines is 1. The van der Waals surface area contributed by atoms with E-state index in [1.165, 1.54) is 42.5 Å². The first-order chi connectivity index (χ1) is 12.9. The van der Waals surface area contributed by atoms with Gasteiger partial charge < -0.3 is 16.0 Å². The van der Waals surface area contributed by atoms with Gasteiger partial charge in [-0.15, -0.1) is 0 Å². The highest BCUT2D eigenvalue weighted by Gasteiger charge is 2.39. The van der Waals surface area contributed by atoms with Gasteiger partial charge in [0.15, 0.2) is 0 Å². The average molecular weight is 370 g/mol. The number of amides is 3. The van der Waals surface area contributed by atoms with E-state index in [0.717, 1.165) is 0 Å². The highest BCUT2D eigenvalue weighted by Crippen LogP contribution is 2.32. The van der Waals surface area contributed by atoms with Crippen LogP contribution in [0.15, 0.2) is 60.8 Å². The molecule has 2 aromatic rings. The van der Waals surface area contributed by atoms with Crippen LogP contribution in [-0.2, 0) is 4.79 Å². The number of nitro benzene ring substituents is 1. The molecule has 0 bridgehead atoms. The lowest BCUT2D eigenvalue weighted by Gasteiger charge is -2.34. The van der Waals surface area contributed by atoms with Crippen LogP contribution >= 0.6 is 0 Å². The first-order valence-corrected chi connectivity index (χ1v) is 7.93. The van der Waals surface area contributed by atoms with E-state index in [0.29, 0.717) is 0 Å². The fourth-order valence-corrected chi connectivity index (χ4v) is 2.90. The maximum absolute atomic E-state index is 14.2. The molecule has 0 unspecified atom stereocenters. The molecule has 0 aliphatic carbocycles. The number of nitrogens with one attached hydrogen (secondary N) is 3. The van der Waals surface area contributed by atoms with Crippen molar-refractivity contribution < 1.29 is 18.9 Å². The number of nitrogens with zero attached hydrogens (tertiary/aromatic N) is 1. The van der Waals surface area contributed by atoms with Crippen LogP contribution in [0.4, 0.5) is 20.6 Å². The lowest BCUT2D eigenvalue weighted by atomic mass is 9.88. The Morgan fingerprint density at radius 3 is 2.67 bits per heavy atom. The zero-order valence-corrected chi connectivity index (χ0v) is 13.9. The third kappa shape index (κ3) is 3.76. The van der Waals surface area contributed by atoms with Crippen LogP contribution in [0.25, 0.3) is 0 Å². The predicted octanol–water partition coefficient (Wildman–Crippen LogP) is 2.86. The maximum Gasteiger partial charge on any atom is 0.319 e. The summed E-state index contributed by atoms with van der Waals surface area (Å²) in [6.07, 6.45) is 0. The number of hydrogen-bond donors (Lipinski definition) is 3. The monoisotopic (exact) mass is 370 g/mol. The third-order valence-corrected chi connectivity index (χ3v) is 4.12. The normalized spacial score (nSPS) is 19.0. The molecule has 0 spiro atoms. The van der Waals surface area contributed by atoms with Crippen molar-refractivity contribution in [3.8, 4) is 0 Å². The summed E-state index contributed by atoms with van der Waals surface area (Å²) in [6, 6.07) is 9.60. The summed E-state index contributed by atoms with van der Waals surface area (Å²) in [5, 5.41) is 18.4. The van der Waals surface area contributed by atoms with Crippen molar-refractivity contribution >= 4 is 23.3 Å². The van der Waals surface area contributed by atoms with Crippen LogP contribution in [0, 0.1) is 21.8 Å². The Hall–Kier alpha value is -3.75. The van der Waals surface area contributed by atoms with Crippen LogP contribution < -0.4 is 16.0 Å². The Labute approximate surface area is 153 Å². The standard InChI is InChI=1S/C18H15FN4O4/c1-10-15(17(24)21-11-5-4-6-12(9-11)23(26)27)16(22-18(25)20-10)13-7-2-3-8-14(13)19/h2-9,15-16H,1H2,(H,21,24)(H2,20,22,25)/t15-,16+/m0/s1. The van der Waals surface area contributed by atoms with Crippen molar-refractivity contribution in [3.05, 3.63) is 82.3 Å². The maximum atomic E-state index is 14.2. The van der Waals surface area contributed by atoms with Crippen LogP contribution in [0.5, 0.6) is 0 Å². The Bertz CT molecular complexity index is 946. The quantitative estimate of drug-likeness (QED) is 0.567. The lowest BCUT2D eigenvalue weighted by Crippen LogP contribution is -2.52. The number of rotatable bonds is 4. The highest BCUT2D eigenvalue weighted by atomic mass is 19.1. The molecule has 3 amide bonds. The number of nitro groups is 1. The molecule has 1 fully saturated rings. The molecule has 1 heterocycles. The van der Waals surface area contributed by atoms with Gasteiger partial charge in [-0.25, -0.2) is 9.18 Å². The molecule has 0 radical (unpaired) electrons. The molecule has 2 atom stereocenters. The van der Waals surface area contributed by atoms with Gasteiger partial charge in [-0.05, 0) is 12.1 Å². The van der Waals surface area contributed by atoms with Crippen LogP contribution in [-0.4, -0.2) is 16.9 Å². The summed E-state index contributed by atoms with van der Waals surface area (Å²) in [5.74, 6) is -2.20. The van der Waals surface area contributed by atoms with E-state index in [1.807, 2.05) is 0 Å². The number of hydrogen-bond acceptors (Lipinski definition) is 4. The second-order valence-electron chi connectivity index (χ2n) is 5.90. The minimum atomic E-state index is -1.03. The van der Waals surface area contributed by atoms with Gasteiger partial charge in [-0.3, -0.25) is 14.9 Å². The molecule has 2 aromatic carbocycles. The van der Waals surface area contributed by atoms with Gasteiger partial charge >= 0.3 is 6.03 Å². The SMILES string of the molecule is C=C1NC(=O)N[C@H](c2ccccc2F)[C@H]1C(=O)Nc1cccc([N+](=O)[O-])c1. The van der Waals surface area contributed by atoms with E-state index >= 15 is 0 Å². The van der Waals surface area contributed by atoms with Crippen molar-refractivity contribution in [1.29, 1.82) is 0 Å². The Morgan fingerprint density at radius 1 is 1.22 bits per heavy atom. The zero-order chi connectivity index (χ0) is 19.6. The number of non-ortho nitro benzene ring substituents is 1. The van der Waals surface area contributed by atoms with Crippen molar-refractivity contribution in [1.82, 2.24) is 10.6 Å². The van der Waals surface area contributed by atoms with E-state index in [4.69, 9.17) is 0 Å². The second kappa shape index (κ2) is 7.24. The van der Waals surface area contributed by atoms with E-state index in [2.05, 4.69) is 22.5 Å². The summed E-state index contributed by atoms with van der Waals surface area (Å²) >= 11 is 0. The summed E-state index contributed by atoms with van der Waals surface area (Å²) < 4.78 is 14.2. The fraction of sp³-hybridized carbons (Fsp3) is 0.111. The Morgan fingerprint density at radius 2 is 1.96 bits per heavy atom. The molecular formula is C18H15FN4O4. The van der Waals surface area contributed by atoms with Gasteiger partial charge in [-0.2, -0.15) is 0 Å². The van der Waals surface area contributed by atoms with Crippen LogP contribution in [0.1, 0.15) is 11.6 Å². The minimum absolute atomic E-state index is 0.0925. The highest BCUT2D eigenvalue weighted by molar-refractivity contribution is 5.97. The molecule has 0 aromatic heterocycles. The first-order valence-electron chi connectivity index (χ1n) is 7.93. The van der Waals surface area contributed by atoms with Gasteiger partial charge in [0.1, 0.15) is 11.7 Å². The number of halogens is 1. The van der Waals surface area contributed by atoms with Crippen molar-refractivity contribution in [2.75, 3.05) is 5.32 Å². The average Bonchev–Trinajstić information content (AvgIpc) is 2.61. The van der Waals surface area contributed by atoms with Crippen LogP contribution in [0.3, 0.4) is 0 Å². The van der Waals surface area contributed by atoms with Gasteiger partial charge in [0, 0.05) is 29.1 Å². The van der Waals surface area contributed by atoms with Crippen LogP contribution in [0.2, 0.25) is 0 Å². The zero-order valence-electron chi connectivity index (χ0n) is 13.9. The Balaban J connectivity index is 1.91. The topological polar surface area (TPSA) is 113 Å². The number of carbonyl (C=O) groups excluding carboxylic acids is 2. The van der Waals surface area contributed by atoms with E-state index in [9.17, 15) is 24.1 Å².